The predicted octanol–water partition coefficient (Wildman–Crippen LogP) is 4.39. The van der Waals surface area contributed by atoms with Gasteiger partial charge in [-0.1, -0.05) is 53.9 Å². The van der Waals surface area contributed by atoms with Crippen LogP contribution in [0.15, 0.2) is 0 Å². The predicted molar refractivity (Wildman–Crippen MR) is 68.0 cm³/mol. The molecular weight excluding hydrogens is 184 g/mol. The van der Waals surface area contributed by atoms with Gasteiger partial charge in [-0.25, -0.2) is 0 Å². The summed E-state index contributed by atoms with van der Waals surface area (Å²) >= 11 is 0. The van der Waals surface area contributed by atoms with Gasteiger partial charge in [0, 0.05) is 0 Å². The summed E-state index contributed by atoms with van der Waals surface area (Å²) in [6, 6.07) is 0. The molecule has 1 unspecified atom stereocenters. The number of aliphatic hydroxyl groups is 1. The molecule has 0 aromatic heterocycles. The normalized spacial score (nSPS) is 16.8. The summed E-state index contributed by atoms with van der Waals surface area (Å²) in [6.07, 6.45) is 5.46. The van der Waals surface area contributed by atoms with E-state index in [2.05, 4.69) is 34.6 Å². The summed E-state index contributed by atoms with van der Waals surface area (Å²) in [5, 5.41) is 10.3. The maximum Gasteiger partial charge on any atom is 0.0625 e. The SMILES string of the molecule is CCCCCC(C)(O)CC(C)(C)C(C)C. The van der Waals surface area contributed by atoms with E-state index in [-0.39, 0.29) is 5.41 Å². The first kappa shape index (κ1) is 15.0. The van der Waals surface area contributed by atoms with Crippen LogP contribution in [-0.4, -0.2) is 10.7 Å². The molecule has 0 aliphatic carbocycles. The molecule has 0 spiro atoms. The largest absolute Gasteiger partial charge is 0.390 e. The Labute approximate surface area is 96.3 Å². The van der Waals surface area contributed by atoms with Gasteiger partial charge in [-0.3, -0.25) is 0 Å². The average molecular weight is 214 g/mol. The molecule has 0 aromatic carbocycles. The van der Waals surface area contributed by atoms with E-state index >= 15 is 0 Å². The average Bonchev–Trinajstić information content (AvgIpc) is 2.01. The smallest absolute Gasteiger partial charge is 0.0625 e. The van der Waals surface area contributed by atoms with E-state index in [1.165, 1.54) is 12.8 Å². The Bertz CT molecular complexity index is 168. The van der Waals surface area contributed by atoms with E-state index in [4.69, 9.17) is 0 Å². The van der Waals surface area contributed by atoms with Crippen molar-refractivity contribution in [2.75, 3.05) is 0 Å². The van der Waals surface area contributed by atoms with Crippen molar-refractivity contribution in [2.45, 2.75) is 79.2 Å². The van der Waals surface area contributed by atoms with Crippen LogP contribution in [0.5, 0.6) is 0 Å². The fourth-order valence-corrected chi connectivity index (χ4v) is 2.03. The Morgan fingerprint density at radius 1 is 1.07 bits per heavy atom. The first-order valence-electron chi connectivity index (χ1n) is 6.43. The summed E-state index contributed by atoms with van der Waals surface area (Å²) in [5.41, 5.74) is -0.251. The quantitative estimate of drug-likeness (QED) is 0.623. The van der Waals surface area contributed by atoms with Crippen LogP contribution in [0, 0.1) is 11.3 Å². The molecule has 0 radical (unpaired) electrons. The zero-order chi connectivity index (χ0) is 12.1. The highest BCUT2D eigenvalue weighted by Crippen LogP contribution is 2.36. The van der Waals surface area contributed by atoms with Gasteiger partial charge in [0.15, 0.2) is 0 Å². The van der Waals surface area contributed by atoms with Crippen molar-refractivity contribution < 1.29 is 5.11 Å². The molecule has 92 valence electrons. The van der Waals surface area contributed by atoms with Gasteiger partial charge >= 0.3 is 0 Å². The minimum atomic E-state index is -0.483. The summed E-state index contributed by atoms with van der Waals surface area (Å²) in [5.74, 6) is 0.621. The van der Waals surface area contributed by atoms with Gasteiger partial charge in [-0.05, 0) is 31.1 Å². The summed E-state index contributed by atoms with van der Waals surface area (Å²) < 4.78 is 0. The fourth-order valence-electron chi connectivity index (χ4n) is 2.03. The van der Waals surface area contributed by atoms with Gasteiger partial charge in [-0.2, -0.15) is 0 Å². The topological polar surface area (TPSA) is 20.2 Å². The molecule has 0 aliphatic heterocycles. The number of rotatable bonds is 7. The molecular formula is C14H30O. The van der Waals surface area contributed by atoms with Crippen molar-refractivity contribution >= 4 is 0 Å². The zero-order valence-electron chi connectivity index (χ0n) is 11.6. The summed E-state index contributed by atoms with van der Waals surface area (Å²) in [6.45, 7) is 13.2. The Morgan fingerprint density at radius 3 is 2.00 bits per heavy atom. The molecule has 0 fully saturated rings. The van der Waals surface area contributed by atoms with Gasteiger partial charge < -0.3 is 5.11 Å². The van der Waals surface area contributed by atoms with E-state index in [0.717, 1.165) is 19.3 Å². The maximum atomic E-state index is 10.3. The standard InChI is InChI=1S/C14H30O/c1-7-8-9-10-14(6,15)11-13(4,5)12(2)3/h12,15H,7-11H2,1-6H3. The molecule has 1 atom stereocenters. The first-order valence-corrected chi connectivity index (χ1v) is 6.43. The van der Waals surface area contributed by atoms with Gasteiger partial charge in [0.1, 0.15) is 0 Å². The van der Waals surface area contributed by atoms with E-state index in [1.54, 1.807) is 0 Å². The van der Waals surface area contributed by atoms with Crippen molar-refractivity contribution in [3.63, 3.8) is 0 Å². The Morgan fingerprint density at radius 2 is 1.60 bits per heavy atom. The lowest BCUT2D eigenvalue weighted by Crippen LogP contribution is -2.34. The highest BCUT2D eigenvalue weighted by molar-refractivity contribution is 4.83. The van der Waals surface area contributed by atoms with Crippen molar-refractivity contribution in [1.82, 2.24) is 0 Å². The van der Waals surface area contributed by atoms with Crippen LogP contribution < -0.4 is 0 Å². The molecule has 15 heavy (non-hydrogen) atoms. The lowest BCUT2D eigenvalue weighted by molar-refractivity contribution is -0.00752. The monoisotopic (exact) mass is 214 g/mol. The van der Waals surface area contributed by atoms with Crippen LogP contribution in [0.4, 0.5) is 0 Å². The number of hydrogen-bond donors (Lipinski definition) is 1. The first-order chi connectivity index (χ1) is 6.71. The third kappa shape index (κ3) is 6.19. The van der Waals surface area contributed by atoms with Crippen LogP contribution >= 0.6 is 0 Å². The second-order valence-electron chi connectivity index (χ2n) is 6.27. The van der Waals surface area contributed by atoms with E-state index in [0.29, 0.717) is 5.92 Å². The molecule has 1 heteroatoms. The molecule has 0 aromatic rings. The number of hydrogen-bond acceptors (Lipinski definition) is 1. The molecule has 0 saturated heterocycles. The third-order valence-electron chi connectivity index (χ3n) is 3.72. The van der Waals surface area contributed by atoms with Crippen LogP contribution in [-0.2, 0) is 0 Å². The van der Waals surface area contributed by atoms with Crippen molar-refractivity contribution in [3.05, 3.63) is 0 Å². The summed E-state index contributed by atoms with van der Waals surface area (Å²) in [4.78, 5) is 0. The summed E-state index contributed by atoms with van der Waals surface area (Å²) in [7, 11) is 0. The second kappa shape index (κ2) is 5.89. The third-order valence-corrected chi connectivity index (χ3v) is 3.72. The highest BCUT2D eigenvalue weighted by Gasteiger charge is 2.32. The Balaban J connectivity index is 4.12. The molecule has 0 aliphatic rings. The molecule has 0 saturated carbocycles. The molecule has 1 nitrogen and oxygen atoms in total. The lowest BCUT2D eigenvalue weighted by Gasteiger charge is -2.37. The van der Waals surface area contributed by atoms with Crippen molar-refractivity contribution in [2.24, 2.45) is 11.3 Å². The van der Waals surface area contributed by atoms with E-state index in [1.807, 2.05) is 6.92 Å². The molecule has 0 heterocycles. The molecule has 0 rings (SSSR count). The molecule has 0 bridgehead atoms. The Kier molecular flexibility index (Phi) is 5.87. The maximum absolute atomic E-state index is 10.3. The van der Waals surface area contributed by atoms with E-state index < -0.39 is 5.60 Å². The molecule has 1 N–H and O–H groups in total. The highest BCUT2D eigenvalue weighted by atomic mass is 16.3. The van der Waals surface area contributed by atoms with Gasteiger partial charge in [-0.15, -0.1) is 0 Å². The fraction of sp³-hybridized carbons (Fsp3) is 1.00. The molecule has 0 amide bonds. The van der Waals surface area contributed by atoms with Gasteiger partial charge in [0.2, 0.25) is 0 Å². The van der Waals surface area contributed by atoms with Crippen LogP contribution in [0.1, 0.15) is 73.6 Å². The van der Waals surface area contributed by atoms with Gasteiger partial charge in [0.25, 0.3) is 0 Å². The van der Waals surface area contributed by atoms with Crippen LogP contribution in [0.25, 0.3) is 0 Å². The van der Waals surface area contributed by atoms with Crippen molar-refractivity contribution in [3.8, 4) is 0 Å². The minimum Gasteiger partial charge on any atom is -0.390 e. The van der Waals surface area contributed by atoms with Crippen LogP contribution in [0.2, 0.25) is 0 Å². The Hall–Kier alpha value is -0.0400. The van der Waals surface area contributed by atoms with Gasteiger partial charge in [0.05, 0.1) is 5.60 Å². The zero-order valence-corrected chi connectivity index (χ0v) is 11.6. The number of unbranched alkanes of at least 4 members (excludes halogenated alkanes) is 2. The minimum absolute atomic E-state index is 0.232. The second-order valence-corrected chi connectivity index (χ2v) is 6.27. The van der Waals surface area contributed by atoms with E-state index in [9.17, 15) is 5.11 Å². The lowest BCUT2D eigenvalue weighted by atomic mass is 9.72. The van der Waals surface area contributed by atoms with Crippen LogP contribution in [0.3, 0.4) is 0 Å². The van der Waals surface area contributed by atoms with Crippen molar-refractivity contribution in [1.29, 1.82) is 0 Å².